The molecule has 1 amide bonds. The zero-order valence-corrected chi connectivity index (χ0v) is 14.3. The van der Waals surface area contributed by atoms with Gasteiger partial charge in [0.2, 0.25) is 5.95 Å². The molecule has 134 valence electrons. The van der Waals surface area contributed by atoms with Gasteiger partial charge in [-0.3, -0.25) is 9.89 Å². The molecule has 1 aliphatic rings. The van der Waals surface area contributed by atoms with Gasteiger partial charge in [0.15, 0.2) is 5.60 Å². The third kappa shape index (κ3) is 3.21. The summed E-state index contributed by atoms with van der Waals surface area (Å²) in [6.07, 6.45) is 1.69. The zero-order valence-electron chi connectivity index (χ0n) is 14.3. The molecule has 1 aromatic heterocycles. The summed E-state index contributed by atoms with van der Waals surface area (Å²) in [7, 11) is 1.42. The molecule has 1 aliphatic heterocycles. The van der Waals surface area contributed by atoms with Crippen LogP contribution >= 0.6 is 0 Å². The van der Waals surface area contributed by atoms with Crippen molar-refractivity contribution in [3.63, 3.8) is 0 Å². The first-order valence-corrected chi connectivity index (χ1v) is 8.23. The minimum Gasteiger partial charge on any atom is -0.367 e. The molecule has 2 atom stereocenters. The fourth-order valence-corrected chi connectivity index (χ4v) is 3.32. The molecular weight excluding hydrogens is 325 g/mol. The normalized spacial score (nSPS) is 20.3. The van der Waals surface area contributed by atoms with Crippen molar-refractivity contribution < 1.29 is 13.9 Å². The van der Waals surface area contributed by atoms with Gasteiger partial charge in [-0.05, 0) is 25.8 Å². The van der Waals surface area contributed by atoms with E-state index in [2.05, 4.69) is 15.2 Å². The molecule has 1 fully saturated rings. The average molecular weight is 347 g/mol. The number of carbonyl (C=O) groups is 1. The molecule has 0 unspecified atom stereocenters. The molecule has 8 heteroatoms. The molecule has 2 heterocycles. The summed E-state index contributed by atoms with van der Waals surface area (Å²) < 4.78 is 19.7. The van der Waals surface area contributed by atoms with Crippen molar-refractivity contribution in [3.05, 3.63) is 41.5 Å². The van der Waals surface area contributed by atoms with E-state index in [0.717, 1.165) is 12.8 Å². The number of rotatable bonds is 4. The highest BCUT2D eigenvalue weighted by molar-refractivity contribution is 5.86. The van der Waals surface area contributed by atoms with E-state index in [-0.39, 0.29) is 23.3 Å². The number of piperidine rings is 1. The van der Waals surface area contributed by atoms with Crippen molar-refractivity contribution in [2.45, 2.75) is 31.3 Å². The van der Waals surface area contributed by atoms with E-state index in [9.17, 15) is 9.18 Å². The number of aromatic amines is 1. The molecule has 1 saturated heterocycles. The van der Waals surface area contributed by atoms with Crippen LogP contribution in [0.5, 0.6) is 0 Å². The maximum atomic E-state index is 14.3. The number of hydrogen-bond acceptors (Lipinski definition) is 5. The van der Waals surface area contributed by atoms with Crippen molar-refractivity contribution in [2.24, 2.45) is 0 Å². The van der Waals surface area contributed by atoms with Gasteiger partial charge in [-0.1, -0.05) is 18.2 Å². The quantitative estimate of drug-likeness (QED) is 0.879. The smallest absolute Gasteiger partial charge is 0.259 e. The van der Waals surface area contributed by atoms with Gasteiger partial charge in [-0.25, -0.2) is 4.39 Å². The van der Waals surface area contributed by atoms with Gasteiger partial charge in [0.1, 0.15) is 11.6 Å². The van der Waals surface area contributed by atoms with Gasteiger partial charge in [-0.15, -0.1) is 5.10 Å². The number of carbonyl (C=O) groups excluding carboxylic acids is 1. The van der Waals surface area contributed by atoms with Crippen LogP contribution in [0.25, 0.3) is 0 Å². The van der Waals surface area contributed by atoms with Crippen molar-refractivity contribution >= 4 is 11.9 Å². The number of benzene rings is 1. The topological polar surface area (TPSA) is 97.1 Å². The lowest BCUT2D eigenvalue weighted by molar-refractivity contribution is -0.156. The van der Waals surface area contributed by atoms with E-state index in [1.165, 1.54) is 13.2 Å². The van der Waals surface area contributed by atoms with E-state index in [1.54, 1.807) is 30.0 Å². The summed E-state index contributed by atoms with van der Waals surface area (Å²) in [5.74, 6) is 0.143. The summed E-state index contributed by atoms with van der Waals surface area (Å²) in [5, 5.41) is 6.66. The van der Waals surface area contributed by atoms with Crippen LogP contribution in [0.15, 0.2) is 24.3 Å². The lowest BCUT2D eigenvalue weighted by atomic mass is 9.90. The lowest BCUT2D eigenvalue weighted by Gasteiger charge is -2.38. The van der Waals surface area contributed by atoms with E-state index in [1.807, 2.05) is 0 Å². The standard InChI is InChI=1S/C17H22FN5O2/c1-17(25-2,12-7-3-4-8-13(12)18)15(24)23-9-5-6-11(10-23)14-20-16(19)22-21-14/h3-4,7-8,11H,5-6,9-10H2,1-2H3,(H3,19,20,21,22)/t11-,17+/m0/s1. The predicted octanol–water partition coefficient (Wildman–Crippen LogP) is 1.79. The number of nitrogens with two attached hydrogens (primary N) is 1. The third-order valence-electron chi connectivity index (χ3n) is 4.82. The second-order valence-corrected chi connectivity index (χ2v) is 6.39. The highest BCUT2D eigenvalue weighted by Crippen LogP contribution is 2.32. The summed E-state index contributed by atoms with van der Waals surface area (Å²) in [6.45, 7) is 2.65. The molecule has 7 nitrogen and oxygen atoms in total. The number of ether oxygens (including phenoxy) is 1. The van der Waals surface area contributed by atoms with Gasteiger partial charge < -0.3 is 15.4 Å². The van der Waals surface area contributed by atoms with Crippen LogP contribution in [0.3, 0.4) is 0 Å². The van der Waals surface area contributed by atoms with Crippen LogP contribution in [0.4, 0.5) is 10.3 Å². The van der Waals surface area contributed by atoms with Crippen molar-refractivity contribution in [2.75, 3.05) is 25.9 Å². The number of aromatic nitrogens is 3. The maximum absolute atomic E-state index is 14.3. The van der Waals surface area contributed by atoms with E-state index >= 15 is 0 Å². The van der Waals surface area contributed by atoms with Crippen LogP contribution in [-0.2, 0) is 15.1 Å². The van der Waals surface area contributed by atoms with E-state index in [4.69, 9.17) is 10.5 Å². The molecule has 0 bridgehead atoms. The fourth-order valence-electron chi connectivity index (χ4n) is 3.32. The first-order chi connectivity index (χ1) is 12.0. The first-order valence-electron chi connectivity index (χ1n) is 8.23. The highest BCUT2D eigenvalue weighted by Gasteiger charge is 2.42. The van der Waals surface area contributed by atoms with Crippen molar-refractivity contribution in [1.29, 1.82) is 0 Å². The number of halogens is 1. The van der Waals surface area contributed by atoms with E-state index < -0.39 is 11.4 Å². The Labute approximate surface area is 145 Å². The molecule has 0 saturated carbocycles. The summed E-state index contributed by atoms with van der Waals surface area (Å²) in [5.41, 5.74) is 4.42. The second-order valence-electron chi connectivity index (χ2n) is 6.39. The predicted molar refractivity (Wildman–Crippen MR) is 90.1 cm³/mol. The van der Waals surface area contributed by atoms with E-state index in [0.29, 0.717) is 18.9 Å². The summed E-state index contributed by atoms with van der Waals surface area (Å²) in [6, 6.07) is 6.19. The number of nitrogens with zero attached hydrogens (tertiary/aromatic N) is 3. The number of amides is 1. The van der Waals surface area contributed by atoms with Crippen molar-refractivity contribution in [1.82, 2.24) is 20.1 Å². The number of H-pyrrole nitrogens is 1. The molecule has 25 heavy (non-hydrogen) atoms. The molecular formula is C17H22FN5O2. The number of nitrogens with one attached hydrogen (secondary N) is 1. The average Bonchev–Trinajstić information content (AvgIpc) is 3.07. The summed E-state index contributed by atoms with van der Waals surface area (Å²) in [4.78, 5) is 19.0. The van der Waals surface area contributed by atoms with Gasteiger partial charge in [0.05, 0.1) is 0 Å². The molecule has 2 aromatic rings. The zero-order chi connectivity index (χ0) is 18.0. The molecule has 0 radical (unpaired) electrons. The first kappa shape index (κ1) is 17.3. The number of methoxy groups -OCH3 is 1. The molecule has 1 aromatic carbocycles. The Morgan fingerprint density at radius 1 is 1.48 bits per heavy atom. The summed E-state index contributed by atoms with van der Waals surface area (Å²) >= 11 is 0. The van der Waals surface area contributed by atoms with Crippen LogP contribution in [0, 0.1) is 5.82 Å². The number of nitrogen functional groups attached to an aromatic ring is 1. The Morgan fingerprint density at radius 3 is 2.88 bits per heavy atom. The Morgan fingerprint density at radius 2 is 2.24 bits per heavy atom. The third-order valence-corrected chi connectivity index (χ3v) is 4.82. The molecule has 3 rings (SSSR count). The van der Waals surface area contributed by atoms with Gasteiger partial charge in [-0.2, -0.15) is 4.98 Å². The largest absolute Gasteiger partial charge is 0.367 e. The lowest BCUT2D eigenvalue weighted by Crippen LogP contribution is -2.50. The Hall–Kier alpha value is -2.48. The van der Waals surface area contributed by atoms with Crippen LogP contribution in [-0.4, -0.2) is 46.2 Å². The molecule has 0 aliphatic carbocycles. The minimum absolute atomic E-state index is 0.0178. The number of hydrogen-bond donors (Lipinski definition) is 2. The highest BCUT2D eigenvalue weighted by atomic mass is 19.1. The Balaban J connectivity index is 1.84. The Kier molecular flexibility index (Phi) is 4.71. The monoisotopic (exact) mass is 347 g/mol. The molecule has 3 N–H and O–H groups in total. The van der Waals surface area contributed by atoms with Gasteiger partial charge >= 0.3 is 0 Å². The minimum atomic E-state index is -1.38. The van der Waals surface area contributed by atoms with Crippen molar-refractivity contribution in [3.8, 4) is 0 Å². The van der Waals surface area contributed by atoms with Gasteiger partial charge in [0, 0.05) is 31.7 Å². The fraction of sp³-hybridized carbons (Fsp3) is 0.471. The Bertz CT molecular complexity index is 765. The number of anilines is 1. The van der Waals surface area contributed by atoms with Gasteiger partial charge in [0.25, 0.3) is 5.91 Å². The molecule has 0 spiro atoms. The second kappa shape index (κ2) is 6.79. The SMILES string of the molecule is CO[C@@](C)(C(=O)N1CCC[C@H](c2nc(N)n[nH]2)C1)c1ccccc1F. The maximum Gasteiger partial charge on any atom is 0.259 e. The van der Waals surface area contributed by atoms with Crippen LogP contribution in [0.2, 0.25) is 0 Å². The van der Waals surface area contributed by atoms with Crippen LogP contribution < -0.4 is 5.73 Å². The number of likely N-dealkylation sites (tertiary alicyclic amines) is 1. The van der Waals surface area contributed by atoms with Crippen LogP contribution in [0.1, 0.15) is 37.1 Å².